The van der Waals surface area contributed by atoms with Gasteiger partial charge in [0.2, 0.25) is 5.95 Å². The molecule has 0 aliphatic rings. The summed E-state index contributed by atoms with van der Waals surface area (Å²) < 4.78 is 0. The van der Waals surface area contributed by atoms with E-state index in [1.807, 2.05) is 30.3 Å². The van der Waals surface area contributed by atoms with Crippen LogP contribution in [0.4, 0.5) is 11.6 Å². The van der Waals surface area contributed by atoms with Gasteiger partial charge in [-0.3, -0.25) is 0 Å². The van der Waals surface area contributed by atoms with Gasteiger partial charge < -0.3 is 10.4 Å². The molecule has 4 aromatic rings. The Bertz CT molecular complexity index is 1180. The maximum absolute atomic E-state index is 9.78. The van der Waals surface area contributed by atoms with Gasteiger partial charge in [-0.05, 0) is 61.4 Å². The van der Waals surface area contributed by atoms with Gasteiger partial charge in [0.15, 0.2) is 0 Å². The third-order valence-electron chi connectivity index (χ3n) is 4.64. The molecule has 0 fully saturated rings. The second kappa shape index (κ2) is 9.03. The molecule has 2 aromatic carbocycles. The summed E-state index contributed by atoms with van der Waals surface area (Å²) in [5.41, 5.74) is 5.01. The fourth-order valence-electron chi connectivity index (χ4n) is 3.09. The largest absolute Gasteiger partial charge is 0.389 e. The third kappa shape index (κ3) is 5.00. The first-order valence-corrected chi connectivity index (χ1v) is 10.6. The van der Waals surface area contributed by atoms with E-state index < -0.39 is 6.10 Å². The van der Waals surface area contributed by atoms with Crippen LogP contribution in [-0.2, 0) is 0 Å². The van der Waals surface area contributed by atoms with Crippen LogP contribution in [-0.4, -0.2) is 15.1 Å². The zero-order valence-electron chi connectivity index (χ0n) is 16.9. The van der Waals surface area contributed by atoms with E-state index in [9.17, 15) is 5.11 Å². The van der Waals surface area contributed by atoms with Gasteiger partial charge in [0.25, 0.3) is 0 Å². The Morgan fingerprint density at radius 1 is 1.00 bits per heavy atom. The van der Waals surface area contributed by atoms with Crippen LogP contribution in [0, 0.1) is 6.92 Å². The Balaban J connectivity index is 1.51. The number of hydrogen-bond acceptors (Lipinski definition) is 5. The van der Waals surface area contributed by atoms with E-state index in [1.165, 1.54) is 16.0 Å². The average Bonchev–Trinajstić information content (AvgIpc) is 3.22. The van der Waals surface area contributed by atoms with Crippen LogP contribution in [0.3, 0.4) is 0 Å². The second-order valence-electron chi connectivity index (χ2n) is 7.14. The number of benzene rings is 2. The summed E-state index contributed by atoms with van der Waals surface area (Å²) in [4.78, 5) is 11.2. The highest BCUT2D eigenvalue weighted by molar-refractivity contribution is 7.16. The molecule has 0 spiro atoms. The fourth-order valence-corrected chi connectivity index (χ4v) is 3.97. The number of aryl methyl sites for hydroxylation is 1. The molecule has 1 unspecified atom stereocenters. The average molecular weight is 414 g/mol. The van der Waals surface area contributed by atoms with Crippen LogP contribution in [0.25, 0.3) is 22.7 Å². The lowest BCUT2D eigenvalue weighted by molar-refractivity contribution is 0.199. The SMILES string of the molecule is Cc1cccc(C=Cc2ccc(-c3ccnc(Nc4cccc(C(C)O)c4)n3)s2)c1. The molecule has 0 aliphatic carbocycles. The second-order valence-corrected chi connectivity index (χ2v) is 8.26. The summed E-state index contributed by atoms with van der Waals surface area (Å²) in [7, 11) is 0. The van der Waals surface area contributed by atoms with Crippen molar-refractivity contribution in [2.75, 3.05) is 5.32 Å². The molecule has 30 heavy (non-hydrogen) atoms. The highest BCUT2D eigenvalue weighted by Crippen LogP contribution is 2.29. The lowest BCUT2D eigenvalue weighted by atomic mass is 10.1. The molecular weight excluding hydrogens is 390 g/mol. The Hall–Kier alpha value is -3.28. The van der Waals surface area contributed by atoms with Crippen LogP contribution < -0.4 is 5.32 Å². The van der Waals surface area contributed by atoms with E-state index in [-0.39, 0.29) is 0 Å². The van der Waals surface area contributed by atoms with E-state index in [4.69, 9.17) is 0 Å². The van der Waals surface area contributed by atoms with Gasteiger partial charge in [0, 0.05) is 16.8 Å². The Morgan fingerprint density at radius 2 is 1.87 bits per heavy atom. The van der Waals surface area contributed by atoms with Gasteiger partial charge in [0.1, 0.15) is 0 Å². The van der Waals surface area contributed by atoms with Crippen LogP contribution >= 0.6 is 11.3 Å². The predicted octanol–water partition coefficient (Wildman–Crippen LogP) is 6.48. The molecule has 0 amide bonds. The van der Waals surface area contributed by atoms with E-state index in [1.54, 1.807) is 24.5 Å². The van der Waals surface area contributed by atoms with Crippen molar-refractivity contribution in [3.63, 3.8) is 0 Å². The summed E-state index contributed by atoms with van der Waals surface area (Å²) >= 11 is 1.69. The maximum Gasteiger partial charge on any atom is 0.227 e. The Morgan fingerprint density at radius 3 is 2.70 bits per heavy atom. The highest BCUT2D eigenvalue weighted by Gasteiger charge is 2.07. The lowest BCUT2D eigenvalue weighted by Crippen LogP contribution is -1.99. The van der Waals surface area contributed by atoms with Gasteiger partial charge >= 0.3 is 0 Å². The van der Waals surface area contributed by atoms with Crippen molar-refractivity contribution in [2.45, 2.75) is 20.0 Å². The number of aromatic nitrogens is 2. The number of anilines is 2. The Kier molecular flexibility index (Phi) is 6.02. The van der Waals surface area contributed by atoms with Crippen molar-refractivity contribution in [2.24, 2.45) is 0 Å². The van der Waals surface area contributed by atoms with Crippen molar-refractivity contribution in [3.8, 4) is 10.6 Å². The minimum absolute atomic E-state index is 0.517. The first-order chi connectivity index (χ1) is 14.6. The molecule has 5 heteroatoms. The van der Waals surface area contributed by atoms with Crippen molar-refractivity contribution in [1.29, 1.82) is 0 Å². The Labute approximate surface area is 180 Å². The number of aliphatic hydroxyl groups is 1. The van der Waals surface area contributed by atoms with Crippen LogP contribution in [0.15, 0.2) is 72.9 Å². The number of rotatable bonds is 6. The molecule has 150 valence electrons. The molecule has 0 saturated heterocycles. The molecule has 0 bridgehead atoms. The molecule has 0 saturated carbocycles. The van der Waals surface area contributed by atoms with Gasteiger partial charge in [-0.2, -0.15) is 0 Å². The summed E-state index contributed by atoms with van der Waals surface area (Å²) in [5.74, 6) is 0.528. The first-order valence-electron chi connectivity index (χ1n) is 9.80. The normalized spacial score (nSPS) is 12.2. The van der Waals surface area contributed by atoms with E-state index in [0.29, 0.717) is 5.95 Å². The molecular formula is C25H23N3OS. The number of hydrogen-bond donors (Lipinski definition) is 2. The van der Waals surface area contributed by atoms with Gasteiger partial charge in [-0.1, -0.05) is 48.0 Å². The van der Waals surface area contributed by atoms with Crippen molar-refractivity contribution in [1.82, 2.24) is 9.97 Å². The molecule has 0 aliphatic heterocycles. The number of nitrogens with zero attached hydrogens (tertiary/aromatic N) is 2. The minimum Gasteiger partial charge on any atom is -0.389 e. The van der Waals surface area contributed by atoms with E-state index in [0.717, 1.165) is 21.8 Å². The van der Waals surface area contributed by atoms with E-state index >= 15 is 0 Å². The maximum atomic E-state index is 9.78. The standard InChI is InChI=1S/C25H23N3OS/c1-17-5-3-6-19(15-17)9-10-22-11-12-24(30-22)23-13-14-26-25(28-23)27-21-8-4-7-20(16-21)18(2)29/h3-16,18,29H,1-2H3,(H,26,27,28). The van der Waals surface area contributed by atoms with Crippen molar-refractivity contribution in [3.05, 3.63) is 94.5 Å². The molecule has 2 N–H and O–H groups in total. The predicted molar refractivity (Wildman–Crippen MR) is 126 cm³/mol. The zero-order valence-corrected chi connectivity index (χ0v) is 17.7. The highest BCUT2D eigenvalue weighted by atomic mass is 32.1. The molecule has 4 rings (SSSR count). The van der Waals surface area contributed by atoms with Gasteiger partial charge in [-0.15, -0.1) is 11.3 Å². The minimum atomic E-state index is -0.517. The molecule has 2 heterocycles. The number of aliphatic hydroxyl groups excluding tert-OH is 1. The number of nitrogens with one attached hydrogen (secondary N) is 1. The third-order valence-corrected chi connectivity index (χ3v) is 5.72. The smallest absolute Gasteiger partial charge is 0.227 e. The van der Waals surface area contributed by atoms with Crippen molar-refractivity contribution < 1.29 is 5.11 Å². The summed E-state index contributed by atoms with van der Waals surface area (Å²) in [6, 6.07) is 22.2. The monoisotopic (exact) mass is 413 g/mol. The summed E-state index contributed by atoms with van der Waals surface area (Å²) in [6.45, 7) is 3.85. The van der Waals surface area contributed by atoms with Crippen LogP contribution in [0.5, 0.6) is 0 Å². The molecule has 0 radical (unpaired) electrons. The van der Waals surface area contributed by atoms with Crippen molar-refractivity contribution >= 4 is 35.1 Å². The van der Waals surface area contributed by atoms with Gasteiger partial charge in [-0.25, -0.2) is 9.97 Å². The molecule has 1 atom stereocenters. The zero-order chi connectivity index (χ0) is 20.9. The first kappa shape index (κ1) is 20.0. The topological polar surface area (TPSA) is 58.0 Å². The number of thiophene rings is 1. The van der Waals surface area contributed by atoms with E-state index in [2.05, 4.69) is 70.8 Å². The van der Waals surface area contributed by atoms with Crippen LogP contribution in [0.2, 0.25) is 0 Å². The quantitative estimate of drug-likeness (QED) is 0.380. The lowest BCUT2D eigenvalue weighted by Gasteiger charge is -2.09. The fraction of sp³-hybridized carbons (Fsp3) is 0.120. The van der Waals surface area contributed by atoms with Gasteiger partial charge in [0.05, 0.1) is 16.7 Å². The summed E-state index contributed by atoms with van der Waals surface area (Å²) in [6.07, 6.45) is 5.50. The summed E-state index contributed by atoms with van der Waals surface area (Å²) in [5, 5.41) is 13.0. The van der Waals surface area contributed by atoms with Crippen LogP contribution in [0.1, 0.15) is 34.6 Å². The molecule has 4 nitrogen and oxygen atoms in total. The molecule has 2 aromatic heterocycles.